The van der Waals surface area contributed by atoms with Crippen LogP contribution in [0.2, 0.25) is 0 Å². The first kappa shape index (κ1) is 29.3. The van der Waals surface area contributed by atoms with Crippen LogP contribution in [0.4, 0.5) is 0 Å². The molecule has 1 heterocycles. The van der Waals surface area contributed by atoms with Crippen LogP contribution in [0.3, 0.4) is 0 Å². The van der Waals surface area contributed by atoms with E-state index in [0.29, 0.717) is 33.8 Å². The second kappa shape index (κ2) is 12.7. The zero-order valence-corrected chi connectivity index (χ0v) is 24.4. The molecular weight excluding hydrogens is 522 g/mol. The van der Waals surface area contributed by atoms with Crippen LogP contribution in [0.25, 0.3) is 22.3 Å². The molecule has 41 heavy (non-hydrogen) atoms. The highest BCUT2D eigenvalue weighted by atomic mass is 16.6. The molecule has 0 bridgehead atoms. The number of para-hydroxylation sites is 1. The van der Waals surface area contributed by atoms with Crippen molar-refractivity contribution in [3.05, 3.63) is 81.6 Å². The zero-order chi connectivity index (χ0) is 29.7. The molecule has 0 aliphatic heterocycles. The summed E-state index contributed by atoms with van der Waals surface area (Å²) in [6.45, 7) is 9.74. The van der Waals surface area contributed by atoms with Crippen LogP contribution in [0.5, 0.6) is 17.2 Å². The first-order valence-electron chi connectivity index (χ1n) is 13.4. The fourth-order valence-corrected chi connectivity index (χ4v) is 4.46. The minimum Gasteiger partial charge on any atom is -0.496 e. The van der Waals surface area contributed by atoms with Crippen LogP contribution >= 0.6 is 0 Å². The van der Waals surface area contributed by atoms with Crippen molar-refractivity contribution < 1.29 is 23.7 Å². The fraction of sp³-hybridized carbons (Fsp3) is 0.312. The van der Waals surface area contributed by atoms with E-state index in [0.717, 1.165) is 22.4 Å². The van der Waals surface area contributed by atoms with Gasteiger partial charge in [-0.25, -0.2) is 9.78 Å². The number of rotatable bonds is 10. The quantitative estimate of drug-likeness (QED) is 0.181. The largest absolute Gasteiger partial charge is 0.496 e. The third-order valence-electron chi connectivity index (χ3n) is 6.63. The summed E-state index contributed by atoms with van der Waals surface area (Å²) < 4.78 is 23.2. The van der Waals surface area contributed by atoms with Gasteiger partial charge in [-0.3, -0.25) is 4.79 Å². The van der Waals surface area contributed by atoms with E-state index in [1.54, 1.807) is 57.5 Å². The van der Waals surface area contributed by atoms with Gasteiger partial charge < -0.3 is 18.9 Å². The maximum Gasteiger partial charge on any atom is 0.347 e. The van der Waals surface area contributed by atoms with Crippen LogP contribution in [0.1, 0.15) is 50.3 Å². The van der Waals surface area contributed by atoms with Crippen molar-refractivity contribution >= 4 is 23.1 Å². The minimum absolute atomic E-state index is 0.188. The summed E-state index contributed by atoms with van der Waals surface area (Å²) in [6.07, 6.45) is 0.751. The predicted octanol–water partition coefficient (Wildman–Crippen LogP) is 5.73. The lowest BCUT2D eigenvalue weighted by Crippen LogP contribution is -2.26. The van der Waals surface area contributed by atoms with Crippen molar-refractivity contribution in [2.24, 2.45) is 5.10 Å². The summed E-state index contributed by atoms with van der Waals surface area (Å²) in [5.74, 6) is 1.71. The third kappa shape index (κ3) is 6.24. The van der Waals surface area contributed by atoms with Crippen LogP contribution < -0.4 is 19.8 Å². The highest BCUT2D eigenvalue weighted by Gasteiger charge is 2.20. The molecule has 4 rings (SSSR count). The van der Waals surface area contributed by atoms with E-state index in [9.17, 15) is 9.59 Å². The van der Waals surface area contributed by atoms with Gasteiger partial charge in [-0.2, -0.15) is 9.78 Å². The minimum atomic E-state index is -0.809. The van der Waals surface area contributed by atoms with Crippen LogP contribution in [-0.2, 0) is 9.53 Å². The molecular formula is C32H35N3O6. The lowest BCUT2D eigenvalue weighted by molar-refractivity contribution is -0.150. The molecule has 9 heteroatoms. The van der Waals surface area contributed by atoms with Gasteiger partial charge in [0.15, 0.2) is 23.4 Å². The zero-order valence-electron chi connectivity index (χ0n) is 24.4. The number of aryl methyl sites for hydroxylation is 1. The van der Waals surface area contributed by atoms with Gasteiger partial charge in [0.05, 0.1) is 37.9 Å². The Bertz CT molecular complexity index is 1660. The number of esters is 1. The number of aromatic nitrogens is 2. The highest BCUT2D eigenvalue weighted by molar-refractivity contribution is 5.83. The monoisotopic (exact) mass is 557 g/mol. The number of ether oxygens (including phenoxy) is 4. The SMILES string of the molecule is CCOC(=O)[C@H](C)Oc1ccc(C=Nn2c(-c3cc(C(C)C)c(OC)cc3C)nc3ccccc3c2=O)cc1OC. The molecule has 0 fully saturated rings. The molecule has 0 radical (unpaired) electrons. The average molecular weight is 558 g/mol. The van der Waals surface area contributed by atoms with E-state index >= 15 is 0 Å². The summed E-state index contributed by atoms with van der Waals surface area (Å²) in [6, 6.07) is 16.3. The molecule has 0 saturated heterocycles. The summed E-state index contributed by atoms with van der Waals surface area (Å²) in [4.78, 5) is 30.6. The molecule has 0 spiro atoms. The number of benzene rings is 3. The molecule has 1 aromatic heterocycles. The number of carbonyl (C=O) groups is 1. The highest BCUT2D eigenvalue weighted by Crippen LogP contribution is 2.34. The van der Waals surface area contributed by atoms with E-state index in [2.05, 4.69) is 18.9 Å². The Hall–Kier alpha value is -4.66. The lowest BCUT2D eigenvalue weighted by Gasteiger charge is -2.17. The van der Waals surface area contributed by atoms with Gasteiger partial charge in [0.25, 0.3) is 5.56 Å². The molecule has 0 amide bonds. The van der Waals surface area contributed by atoms with E-state index in [1.807, 2.05) is 31.2 Å². The van der Waals surface area contributed by atoms with Crippen LogP contribution in [0, 0.1) is 6.92 Å². The van der Waals surface area contributed by atoms with Crippen LogP contribution in [-0.4, -0.2) is 48.8 Å². The Morgan fingerprint density at radius 3 is 2.41 bits per heavy atom. The van der Waals surface area contributed by atoms with E-state index in [-0.39, 0.29) is 18.1 Å². The normalized spacial score (nSPS) is 12.1. The van der Waals surface area contributed by atoms with Gasteiger partial charge in [-0.1, -0.05) is 26.0 Å². The summed E-state index contributed by atoms with van der Waals surface area (Å²) >= 11 is 0. The van der Waals surface area contributed by atoms with Gasteiger partial charge >= 0.3 is 5.97 Å². The molecule has 0 aliphatic rings. The van der Waals surface area contributed by atoms with Crippen molar-refractivity contribution in [2.75, 3.05) is 20.8 Å². The van der Waals surface area contributed by atoms with Gasteiger partial charge in [0.1, 0.15) is 5.75 Å². The Morgan fingerprint density at radius 1 is 1.00 bits per heavy atom. The predicted molar refractivity (Wildman–Crippen MR) is 160 cm³/mol. The smallest absolute Gasteiger partial charge is 0.347 e. The number of nitrogens with zero attached hydrogens (tertiary/aromatic N) is 3. The first-order chi connectivity index (χ1) is 19.7. The molecule has 0 saturated carbocycles. The van der Waals surface area contributed by atoms with Crippen molar-refractivity contribution in [1.82, 2.24) is 9.66 Å². The standard InChI is InChI=1S/C32H35N3O6/c1-8-40-32(37)21(5)41-27-14-13-22(16-29(27)39-7)18-33-35-30(34-26-12-10-9-11-23(26)31(35)36)25-17-24(19(2)3)28(38-6)15-20(25)4/h9-19,21H,8H2,1-7H3/t21-/m0/s1. The Labute approximate surface area is 239 Å². The lowest BCUT2D eigenvalue weighted by atomic mass is 9.96. The van der Waals surface area contributed by atoms with E-state index in [4.69, 9.17) is 23.9 Å². The second-order valence-corrected chi connectivity index (χ2v) is 9.80. The molecule has 0 N–H and O–H groups in total. The number of hydrogen-bond donors (Lipinski definition) is 0. The van der Waals surface area contributed by atoms with Crippen molar-refractivity contribution in [2.45, 2.75) is 46.6 Å². The summed E-state index contributed by atoms with van der Waals surface area (Å²) in [5.41, 5.74) is 3.62. The Balaban J connectivity index is 1.81. The fourth-order valence-electron chi connectivity index (χ4n) is 4.46. The van der Waals surface area contributed by atoms with Gasteiger partial charge in [0, 0.05) is 5.56 Å². The number of fused-ring (bicyclic) bond motifs is 1. The first-order valence-corrected chi connectivity index (χ1v) is 13.4. The Morgan fingerprint density at radius 2 is 1.73 bits per heavy atom. The molecule has 3 aromatic carbocycles. The maximum absolute atomic E-state index is 13.7. The van der Waals surface area contributed by atoms with Gasteiger partial charge in [-0.05, 0) is 85.8 Å². The molecule has 0 unspecified atom stereocenters. The van der Waals surface area contributed by atoms with Crippen molar-refractivity contribution in [1.29, 1.82) is 0 Å². The maximum atomic E-state index is 13.7. The molecule has 214 valence electrons. The van der Waals surface area contributed by atoms with Gasteiger partial charge in [0.2, 0.25) is 0 Å². The molecule has 4 aromatic rings. The van der Waals surface area contributed by atoms with Crippen LogP contribution in [0.15, 0.2) is 64.5 Å². The second-order valence-electron chi connectivity index (χ2n) is 9.80. The summed E-state index contributed by atoms with van der Waals surface area (Å²) in [7, 11) is 3.16. The number of methoxy groups -OCH3 is 2. The topological polar surface area (TPSA) is 101 Å². The summed E-state index contributed by atoms with van der Waals surface area (Å²) in [5, 5.41) is 5.05. The van der Waals surface area contributed by atoms with E-state index < -0.39 is 12.1 Å². The molecule has 1 atom stereocenters. The van der Waals surface area contributed by atoms with E-state index in [1.165, 1.54) is 11.8 Å². The van der Waals surface area contributed by atoms with Crippen molar-refractivity contribution in [3.8, 4) is 28.6 Å². The number of hydrogen-bond acceptors (Lipinski definition) is 8. The average Bonchev–Trinajstić information content (AvgIpc) is 2.96. The molecule has 9 nitrogen and oxygen atoms in total. The Kier molecular flexibility index (Phi) is 9.07. The van der Waals surface area contributed by atoms with Crippen molar-refractivity contribution in [3.63, 3.8) is 0 Å². The molecule has 0 aliphatic carbocycles. The third-order valence-corrected chi connectivity index (χ3v) is 6.63. The van der Waals surface area contributed by atoms with Gasteiger partial charge in [-0.15, -0.1) is 0 Å². The number of carbonyl (C=O) groups excluding carboxylic acids is 1.